The third-order valence-corrected chi connectivity index (χ3v) is 4.26. The largest absolute Gasteiger partial charge is 0.317 e. The quantitative estimate of drug-likeness (QED) is 0.848. The highest BCUT2D eigenvalue weighted by Gasteiger charge is 2.40. The van der Waals surface area contributed by atoms with Gasteiger partial charge in [-0.3, -0.25) is 4.68 Å². The van der Waals surface area contributed by atoms with Crippen molar-refractivity contribution in [2.24, 2.45) is 5.92 Å². The van der Waals surface area contributed by atoms with Crippen molar-refractivity contribution in [3.63, 3.8) is 0 Å². The molecule has 90 valence electrons. The molecule has 0 aromatic carbocycles. The summed E-state index contributed by atoms with van der Waals surface area (Å²) in [7, 11) is 2.06. The molecule has 3 atom stereocenters. The first-order valence-corrected chi connectivity index (χ1v) is 6.31. The smallest absolute Gasteiger partial charge is 0.0631 e. The van der Waals surface area contributed by atoms with E-state index in [4.69, 9.17) is 0 Å². The number of hydrogen-bond acceptors (Lipinski definition) is 2. The number of nitrogens with zero attached hydrogens (tertiary/aromatic N) is 2. The van der Waals surface area contributed by atoms with E-state index in [9.17, 15) is 0 Å². The Morgan fingerprint density at radius 2 is 2.12 bits per heavy atom. The minimum absolute atomic E-state index is 0.689. The van der Waals surface area contributed by atoms with Gasteiger partial charge < -0.3 is 5.32 Å². The molecule has 2 rings (SSSR count). The predicted octanol–water partition coefficient (Wildman–Crippen LogP) is 2.23. The van der Waals surface area contributed by atoms with E-state index in [0.29, 0.717) is 12.0 Å². The molecule has 0 radical (unpaired) electrons. The summed E-state index contributed by atoms with van der Waals surface area (Å²) in [4.78, 5) is 0. The molecule has 0 spiro atoms. The maximum atomic E-state index is 4.61. The zero-order valence-electron chi connectivity index (χ0n) is 11.0. The monoisotopic (exact) mass is 221 g/mol. The molecule has 1 aliphatic carbocycles. The topological polar surface area (TPSA) is 29.9 Å². The Hall–Kier alpha value is -0.830. The van der Waals surface area contributed by atoms with Crippen LogP contribution in [0.3, 0.4) is 0 Å². The van der Waals surface area contributed by atoms with E-state index in [0.717, 1.165) is 12.5 Å². The van der Waals surface area contributed by atoms with Gasteiger partial charge in [0.25, 0.3) is 0 Å². The summed E-state index contributed by atoms with van der Waals surface area (Å²) in [5.74, 6) is 1.44. The van der Waals surface area contributed by atoms with E-state index in [1.54, 1.807) is 0 Å². The van der Waals surface area contributed by atoms with E-state index in [-0.39, 0.29) is 0 Å². The minimum Gasteiger partial charge on any atom is -0.317 e. The third-order valence-electron chi connectivity index (χ3n) is 4.26. The lowest BCUT2D eigenvalue weighted by Crippen LogP contribution is -2.46. The summed E-state index contributed by atoms with van der Waals surface area (Å²) in [5.41, 5.74) is 4.10. The van der Waals surface area contributed by atoms with Gasteiger partial charge >= 0.3 is 0 Å². The average molecular weight is 221 g/mol. The number of aromatic nitrogens is 2. The Bertz CT molecular complexity index is 381. The number of aryl methyl sites for hydroxylation is 2. The van der Waals surface area contributed by atoms with Gasteiger partial charge in [0.2, 0.25) is 0 Å². The van der Waals surface area contributed by atoms with Crippen LogP contribution >= 0.6 is 0 Å². The summed E-state index contributed by atoms with van der Waals surface area (Å²) in [6.45, 7) is 9.83. The van der Waals surface area contributed by atoms with Crippen molar-refractivity contribution in [2.45, 2.75) is 52.6 Å². The van der Waals surface area contributed by atoms with Crippen LogP contribution in [0, 0.1) is 19.8 Å². The Kier molecular flexibility index (Phi) is 3.06. The molecule has 3 unspecified atom stereocenters. The molecule has 1 heterocycles. The molecule has 1 aromatic rings. The molecule has 0 amide bonds. The molecule has 1 saturated carbocycles. The summed E-state index contributed by atoms with van der Waals surface area (Å²) in [6.07, 6.45) is 1.26. The molecule has 1 aromatic heterocycles. The molecular weight excluding hydrogens is 198 g/mol. The Morgan fingerprint density at radius 1 is 1.44 bits per heavy atom. The van der Waals surface area contributed by atoms with Crippen molar-refractivity contribution < 1.29 is 0 Å². The van der Waals surface area contributed by atoms with Gasteiger partial charge in [0.1, 0.15) is 0 Å². The lowest BCUT2D eigenvalue weighted by atomic mass is 9.66. The molecule has 1 N–H and O–H groups in total. The Morgan fingerprint density at radius 3 is 2.56 bits per heavy atom. The van der Waals surface area contributed by atoms with E-state index in [1.165, 1.54) is 23.4 Å². The van der Waals surface area contributed by atoms with Gasteiger partial charge in [0.15, 0.2) is 0 Å². The molecule has 3 heteroatoms. The van der Waals surface area contributed by atoms with Crippen molar-refractivity contribution in [1.82, 2.24) is 15.1 Å². The van der Waals surface area contributed by atoms with Crippen LogP contribution in [0.15, 0.2) is 0 Å². The molecule has 1 fully saturated rings. The number of nitrogens with one attached hydrogen (secondary N) is 1. The lowest BCUT2D eigenvalue weighted by molar-refractivity contribution is 0.193. The first kappa shape index (κ1) is 11.6. The Balaban J connectivity index is 2.25. The normalized spacial score (nSPS) is 29.2. The van der Waals surface area contributed by atoms with Gasteiger partial charge in [0.05, 0.1) is 5.69 Å². The van der Waals surface area contributed by atoms with Crippen molar-refractivity contribution in [3.8, 4) is 0 Å². The fourth-order valence-corrected chi connectivity index (χ4v) is 3.10. The summed E-state index contributed by atoms with van der Waals surface area (Å²) >= 11 is 0. The van der Waals surface area contributed by atoms with E-state index < -0.39 is 0 Å². The second-order valence-corrected chi connectivity index (χ2v) is 5.00. The highest BCUT2D eigenvalue weighted by Crippen LogP contribution is 2.44. The summed E-state index contributed by atoms with van der Waals surface area (Å²) in [5, 5.41) is 8.00. The van der Waals surface area contributed by atoms with Crippen LogP contribution in [0.4, 0.5) is 0 Å². The van der Waals surface area contributed by atoms with Gasteiger partial charge in [-0.05, 0) is 51.6 Å². The molecule has 1 aliphatic rings. The van der Waals surface area contributed by atoms with Crippen LogP contribution in [0.5, 0.6) is 0 Å². The van der Waals surface area contributed by atoms with Crippen LogP contribution < -0.4 is 5.32 Å². The van der Waals surface area contributed by atoms with Gasteiger partial charge in [-0.1, -0.05) is 6.92 Å². The molecule has 3 nitrogen and oxygen atoms in total. The third kappa shape index (κ3) is 1.58. The fraction of sp³-hybridized carbons (Fsp3) is 0.769. The number of rotatable bonds is 3. The zero-order valence-corrected chi connectivity index (χ0v) is 11.0. The van der Waals surface area contributed by atoms with Gasteiger partial charge in [-0.25, -0.2) is 0 Å². The SMILES string of the molecule is CCn1nc(C)c(C2CC(NC)C2C)c1C. The first-order chi connectivity index (χ1) is 7.60. The fourth-order valence-electron chi connectivity index (χ4n) is 3.10. The van der Waals surface area contributed by atoms with Gasteiger partial charge in [-0.2, -0.15) is 5.10 Å². The second kappa shape index (κ2) is 4.21. The molecule has 0 bridgehead atoms. The second-order valence-electron chi connectivity index (χ2n) is 5.00. The predicted molar refractivity (Wildman–Crippen MR) is 66.7 cm³/mol. The van der Waals surface area contributed by atoms with E-state index >= 15 is 0 Å². The average Bonchev–Trinajstić information content (AvgIpc) is 2.54. The zero-order chi connectivity index (χ0) is 11.9. The van der Waals surface area contributed by atoms with Gasteiger partial charge in [-0.15, -0.1) is 0 Å². The minimum atomic E-state index is 0.689. The van der Waals surface area contributed by atoms with E-state index in [2.05, 4.69) is 49.8 Å². The lowest BCUT2D eigenvalue weighted by Gasteiger charge is -2.43. The molecular formula is C13H23N3. The van der Waals surface area contributed by atoms with Gasteiger partial charge in [0, 0.05) is 18.3 Å². The number of hydrogen-bond donors (Lipinski definition) is 1. The standard InChI is InChI=1S/C13H23N3/c1-6-16-10(4)13(9(3)15-16)11-7-12(14-5)8(11)2/h8,11-12,14H,6-7H2,1-5H3. The molecule has 0 aliphatic heterocycles. The summed E-state index contributed by atoms with van der Waals surface area (Å²) in [6, 6.07) is 0.689. The highest BCUT2D eigenvalue weighted by atomic mass is 15.3. The maximum absolute atomic E-state index is 4.61. The van der Waals surface area contributed by atoms with Crippen LogP contribution in [-0.4, -0.2) is 22.9 Å². The molecule has 0 saturated heterocycles. The van der Waals surface area contributed by atoms with Crippen molar-refractivity contribution in [3.05, 3.63) is 17.0 Å². The van der Waals surface area contributed by atoms with Crippen LogP contribution in [-0.2, 0) is 6.54 Å². The molecule has 16 heavy (non-hydrogen) atoms. The van der Waals surface area contributed by atoms with Crippen molar-refractivity contribution in [1.29, 1.82) is 0 Å². The maximum Gasteiger partial charge on any atom is 0.0631 e. The highest BCUT2D eigenvalue weighted by molar-refractivity contribution is 5.32. The first-order valence-electron chi connectivity index (χ1n) is 6.31. The van der Waals surface area contributed by atoms with E-state index in [1.807, 2.05) is 0 Å². The Labute approximate surface area is 98.2 Å². The van der Waals surface area contributed by atoms with Crippen LogP contribution in [0.25, 0.3) is 0 Å². The van der Waals surface area contributed by atoms with Crippen molar-refractivity contribution in [2.75, 3.05) is 7.05 Å². The summed E-state index contributed by atoms with van der Waals surface area (Å²) < 4.78 is 2.13. The van der Waals surface area contributed by atoms with Crippen LogP contribution in [0.1, 0.15) is 43.1 Å². The van der Waals surface area contributed by atoms with Crippen molar-refractivity contribution >= 4 is 0 Å². The van der Waals surface area contributed by atoms with Crippen LogP contribution in [0.2, 0.25) is 0 Å².